The minimum Gasteiger partial charge on any atom is -0.530 e. The van der Waals surface area contributed by atoms with Gasteiger partial charge in [-0.15, -0.1) is 0 Å². The molecule has 78 valence electrons. The molecule has 0 heterocycles. The zero-order valence-electron chi connectivity index (χ0n) is 8.67. The van der Waals surface area contributed by atoms with Gasteiger partial charge >= 0.3 is 0 Å². The Balaban J connectivity index is 4.04. The molecule has 0 aromatic carbocycles. The molecule has 2 N–H and O–H groups in total. The summed E-state index contributed by atoms with van der Waals surface area (Å²) in [6.45, 7) is 6.66. The molecule has 0 rings (SSSR count). The maximum absolute atomic E-state index is 10.7. The smallest absolute Gasteiger partial charge is 0.137 e. The SMILES string of the molecule is CC(C)(C)N(CCCCN)C(=O)[O-]. The summed E-state index contributed by atoms with van der Waals surface area (Å²) in [5.74, 6) is 0. The van der Waals surface area contributed by atoms with Gasteiger partial charge in [-0.2, -0.15) is 0 Å². The molecule has 4 nitrogen and oxygen atoms in total. The topological polar surface area (TPSA) is 69.4 Å². The lowest BCUT2D eigenvalue weighted by Gasteiger charge is -2.37. The average molecular weight is 187 g/mol. The molecule has 0 aromatic heterocycles. The normalized spacial score (nSPS) is 11.4. The third-order valence-corrected chi connectivity index (χ3v) is 1.87. The molecule has 0 saturated carbocycles. The molecule has 0 spiro atoms. The number of carbonyl (C=O) groups excluding carboxylic acids is 1. The van der Waals surface area contributed by atoms with E-state index in [-0.39, 0.29) is 5.54 Å². The molecule has 0 bridgehead atoms. The molecule has 0 aliphatic carbocycles. The van der Waals surface area contributed by atoms with E-state index in [0.29, 0.717) is 13.1 Å². The largest absolute Gasteiger partial charge is 0.530 e. The highest BCUT2D eigenvalue weighted by Crippen LogP contribution is 2.13. The standard InChI is InChI=1S/C9H20N2O2/c1-9(2,3)11(8(12)13)7-5-4-6-10/h4-7,10H2,1-3H3,(H,12,13)/p-1. The lowest BCUT2D eigenvalue weighted by atomic mass is 10.1. The van der Waals surface area contributed by atoms with Gasteiger partial charge in [-0.25, -0.2) is 0 Å². The predicted octanol–water partition coefficient (Wildman–Crippen LogP) is 0.169. The van der Waals surface area contributed by atoms with E-state index in [9.17, 15) is 9.90 Å². The van der Waals surface area contributed by atoms with Gasteiger partial charge in [0.25, 0.3) is 0 Å². The summed E-state index contributed by atoms with van der Waals surface area (Å²) in [5.41, 5.74) is 4.94. The maximum atomic E-state index is 10.7. The zero-order chi connectivity index (χ0) is 10.5. The van der Waals surface area contributed by atoms with Crippen molar-refractivity contribution >= 4 is 6.09 Å². The molecule has 0 saturated heterocycles. The van der Waals surface area contributed by atoms with Crippen LogP contribution >= 0.6 is 0 Å². The van der Waals surface area contributed by atoms with Gasteiger partial charge in [-0.3, -0.25) is 0 Å². The van der Waals surface area contributed by atoms with Gasteiger partial charge in [0.2, 0.25) is 0 Å². The van der Waals surface area contributed by atoms with E-state index in [4.69, 9.17) is 5.73 Å². The van der Waals surface area contributed by atoms with Crippen molar-refractivity contribution in [3.63, 3.8) is 0 Å². The van der Waals surface area contributed by atoms with E-state index in [1.54, 1.807) is 0 Å². The lowest BCUT2D eigenvalue weighted by molar-refractivity contribution is -0.270. The molecule has 0 atom stereocenters. The highest BCUT2D eigenvalue weighted by Gasteiger charge is 2.19. The monoisotopic (exact) mass is 187 g/mol. The molecule has 0 fully saturated rings. The predicted molar refractivity (Wildman–Crippen MR) is 50.1 cm³/mol. The van der Waals surface area contributed by atoms with Crippen molar-refractivity contribution in [2.24, 2.45) is 5.73 Å². The second kappa shape index (κ2) is 5.07. The Morgan fingerprint density at radius 1 is 1.38 bits per heavy atom. The van der Waals surface area contributed by atoms with Gasteiger partial charge in [-0.05, 0) is 40.2 Å². The molecule has 0 aromatic rings. The average Bonchev–Trinajstić information content (AvgIpc) is 1.94. The van der Waals surface area contributed by atoms with Crippen molar-refractivity contribution < 1.29 is 9.90 Å². The first kappa shape index (κ1) is 12.2. The second-order valence-electron chi connectivity index (χ2n) is 4.08. The number of hydrogen-bond donors (Lipinski definition) is 1. The van der Waals surface area contributed by atoms with Crippen LogP contribution in [0.4, 0.5) is 4.79 Å². The summed E-state index contributed by atoms with van der Waals surface area (Å²) in [5, 5.41) is 10.7. The Bertz CT molecular complexity index is 163. The van der Waals surface area contributed by atoms with Gasteiger partial charge in [0.15, 0.2) is 0 Å². The van der Waals surface area contributed by atoms with Gasteiger partial charge in [0.05, 0.1) is 0 Å². The van der Waals surface area contributed by atoms with Crippen molar-refractivity contribution in [3.8, 4) is 0 Å². The van der Waals surface area contributed by atoms with E-state index in [1.807, 2.05) is 20.8 Å². The molecule has 13 heavy (non-hydrogen) atoms. The summed E-state index contributed by atoms with van der Waals surface area (Å²) >= 11 is 0. The lowest BCUT2D eigenvalue weighted by Crippen LogP contribution is -2.51. The van der Waals surface area contributed by atoms with Crippen molar-refractivity contribution in [2.45, 2.75) is 39.2 Å². The first-order chi connectivity index (χ1) is 5.89. The number of amides is 1. The summed E-state index contributed by atoms with van der Waals surface area (Å²) in [7, 11) is 0. The fourth-order valence-corrected chi connectivity index (χ4v) is 1.11. The fourth-order valence-electron chi connectivity index (χ4n) is 1.11. The van der Waals surface area contributed by atoms with Crippen molar-refractivity contribution in [2.75, 3.05) is 13.1 Å². The number of rotatable bonds is 4. The van der Waals surface area contributed by atoms with Crippen LogP contribution in [0.3, 0.4) is 0 Å². The maximum Gasteiger partial charge on any atom is 0.137 e. The Morgan fingerprint density at radius 2 is 1.92 bits per heavy atom. The van der Waals surface area contributed by atoms with Gasteiger partial charge < -0.3 is 20.5 Å². The molecule has 0 radical (unpaired) electrons. The number of hydrogen-bond acceptors (Lipinski definition) is 3. The number of carboxylic acid groups (broad SMARTS) is 1. The van der Waals surface area contributed by atoms with E-state index in [1.165, 1.54) is 4.90 Å². The fraction of sp³-hybridized carbons (Fsp3) is 0.889. The van der Waals surface area contributed by atoms with E-state index < -0.39 is 6.09 Å². The summed E-state index contributed by atoms with van der Waals surface area (Å²) < 4.78 is 0. The number of nitrogens with zero attached hydrogens (tertiary/aromatic N) is 1. The van der Waals surface area contributed by atoms with Crippen LogP contribution in [0, 0.1) is 0 Å². The first-order valence-electron chi connectivity index (χ1n) is 4.58. The first-order valence-corrected chi connectivity index (χ1v) is 4.58. The van der Waals surface area contributed by atoms with Crippen molar-refractivity contribution in [1.82, 2.24) is 4.90 Å². The van der Waals surface area contributed by atoms with Crippen LogP contribution in [-0.4, -0.2) is 29.6 Å². The molecule has 0 unspecified atom stereocenters. The summed E-state index contributed by atoms with van der Waals surface area (Å²) in [4.78, 5) is 12.1. The number of nitrogens with two attached hydrogens (primary N) is 1. The second-order valence-corrected chi connectivity index (χ2v) is 4.08. The quantitative estimate of drug-likeness (QED) is 0.638. The highest BCUT2D eigenvalue weighted by molar-refractivity contribution is 5.63. The minimum atomic E-state index is -1.11. The summed E-state index contributed by atoms with van der Waals surface area (Å²) in [6, 6.07) is 0. The molecular formula is C9H19N2O2-. The van der Waals surface area contributed by atoms with Crippen LogP contribution in [0.1, 0.15) is 33.6 Å². The Morgan fingerprint density at radius 3 is 2.23 bits per heavy atom. The molecule has 1 amide bonds. The van der Waals surface area contributed by atoms with Crippen LogP contribution < -0.4 is 10.8 Å². The number of carbonyl (C=O) groups is 1. The molecular weight excluding hydrogens is 168 g/mol. The molecule has 0 aliphatic rings. The van der Waals surface area contributed by atoms with E-state index in [2.05, 4.69) is 0 Å². The van der Waals surface area contributed by atoms with Crippen LogP contribution in [-0.2, 0) is 0 Å². The third kappa shape index (κ3) is 4.72. The Kier molecular flexibility index (Phi) is 4.77. The Labute approximate surface area is 79.7 Å². The Hall–Kier alpha value is -0.770. The van der Waals surface area contributed by atoms with E-state index in [0.717, 1.165) is 12.8 Å². The molecule has 4 heteroatoms. The third-order valence-electron chi connectivity index (χ3n) is 1.87. The van der Waals surface area contributed by atoms with Gasteiger partial charge in [0.1, 0.15) is 6.09 Å². The van der Waals surface area contributed by atoms with Gasteiger partial charge in [-0.1, -0.05) is 0 Å². The van der Waals surface area contributed by atoms with Crippen LogP contribution in [0.25, 0.3) is 0 Å². The van der Waals surface area contributed by atoms with Crippen LogP contribution in [0.5, 0.6) is 0 Å². The molecule has 0 aliphatic heterocycles. The number of unbranched alkanes of at least 4 members (excludes halogenated alkanes) is 1. The highest BCUT2D eigenvalue weighted by atomic mass is 16.4. The van der Waals surface area contributed by atoms with Crippen molar-refractivity contribution in [3.05, 3.63) is 0 Å². The van der Waals surface area contributed by atoms with Crippen LogP contribution in [0.15, 0.2) is 0 Å². The van der Waals surface area contributed by atoms with E-state index >= 15 is 0 Å². The zero-order valence-corrected chi connectivity index (χ0v) is 8.67. The summed E-state index contributed by atoms with van der Waals surface area (Å²) in [6.07, 6.45) is 0.534. The minimum absolute atomic E-state index is 0.382. The van der Waals surface area contributed by atoms with Gasteiger partial charge in [0, 0.05) is 12.1 Å². The van der Waals surface area contributed by atoms with Crippen molar-refractivity contribution in [1.29, 1.82) is 0 Å². The van der Waals surface area contributed by atoms with Crippen LogP contribution in [0.2, 0.25) is 0 Å².